The maximum Gasteiger partial charge on any atom is 0.293 e. The van der Waals surface area contributed by atoms with E-state index in [1.165, 1.54) is 25.9 Å². The molecule has 17 heavy (non-hydrogen) atoms. The zero-order chi connectivity index (χ0) is 11.5. The highest BCUT2D eigenvalue weighted by Gasteiger charge is 2.05. The van der Waals surface area contributed by atoms with Crippen molar-refractivity contribution >= 4 is 31.3 Å². The third-order valence-corrected chi connectivity index (χ3v) is 2.77. The molecular formula is C12H27Cl2NO2. The Morgan fingerprint density at radius 1 is 1.35 bits per heavy atom. The lowest BCUT2D eigenvalue weighted by molar-refractivity contribution is -0.129. The average molecular weight is 288 g/mol. The Labute approximate surface area is 118 Å². The first-order valence-electron chi connectivity index (χ1n) is 5.96. The van der Waals surface area contributed by atoms with Gasteiger partial charge in [-0.3, -0.25) is 4.79 Å². The number of rotatable bonds is 4. The Bertz CT molecular complexity index is 153. The van der Waals surface area contributed by atoms with E-state index in [1.54, 1.807) is 0 Å². The molecule has 1 fully saturated rings. The first kappa shape index (κ1) is 22.2. The van der Waals surface area contributed by atoms with E-state index in [1.807, 2.05) is 6.92 Å². The van der Waals surface area contributed by atoms with Crippen LogP contribution in [0.3, 0.4) is 0 Å². The summed E-state index contributed by atoms with van der Waals surface area (Å²) < 4.78 is 4.51. The number of halogens is 2. The molecule has 1 unspecified atom stereocenters. The van der Waals surface area contributed by atoms with Crippen LogP contribution in [0.25, 0.3) is 0 Å². The highest BCUT2D eigenvalue weighted by atomic mass is 35.5. The first-order valence-corrected chi connectivity index (χ1v) is 5.96. The van der Waals surface area contributed by atoms with Crippen LogP contribution in [-0.2, 0) is 9.53 Å². The minimum absolute atomic E-state index is 0. The number of piperidine rings is 1. The fraction of sp³-hybridized carbons (Fsp3) is 0.917. The highest BCUT2D eigenvalue weighted by molar-refractivity contribution is 5.85. The van der Waals surface area contributed by atoms with Crippen molar-refractivity contribution in [2.24, 2.45) is 11.8 Å². The molecule has 0 aromatic rings. The van der Waals surface area contributed by atoms with Crippen molar-refractivity contribution in [2.75, 3.05) is 19.7 Å². The molecule has 0 aliphatic carbocycles. The summed E-state index contributed by atoms with van der Waals surface area (Å²) in [4.78, 5) is 9.60. The number of carbonyl (C=O) groups is 1. The van der Waals surface area contributed by atoms with Gasteiger partial charge in [0.25, 0.3) is 6.47 Å². The molecule has 0 radical (unpaired) electrons. The van der Waals surface area contributed by atoms with Crippen molar-refractivity contribution in [2.45, 2.75) is 40.0 Å². The minimum Gasteiger partial charge on any atom is -0.468 e. The highest BCUT2D eigenvalue weighted by Crippen LogP contribution is 2.08. The van der Waals surface area contributed by atoms with Crippen LogP contribution in [0.15, 0.2) is 0 Å². The van der Waals surface area contributed by atoms with Crippen molar-refractivity contribution in [1.29, 1.82) is 0 Å². The van der Waals surface area contributed by atoms with Gasteiger partial charge in [-0.25, -0.2) is 0 Å². The van der Waals surface area contributed by atoms with Gasteiger partial charge in [-0.15, -0.1) is 24.8 Å². The molecule has 1 rings (SSSR count). The van der Waals surface area contributed by atoms with E-state index < -0.39 is 0 Å². The predicted octanol–water partition coefficient (Wildman–Crippen LogP) is 3.06. The fourth-order valence-electron chi connectivity index (χ4n) is 1.29. The maximum atomic E-state index is 9.60. The SMILES string of the molecule is CC1CCNCC1.CCC(C)COC=O.Cl.Cl. The Hall–Kier alpha value is 0.01000. The maximum absolute atomic E-state index is 9.60. The van der Waals surface area contributed by atoms with E-state index in [0.717, 1.165) is 12.3 Å². The minimum atomic E-state index is 0. The molecule has 1 saturated heterocycles. The van der Waals surface area contributed by atoms with E-state index in [9.17, 15) is 4.79 Å². The Kier molecular flexibility index (Phi) is 20.9. The normalized spacial score (nSPS) is 16.4. The molecule has 0 bridgehead atoms. The van der Waals surface area contributed by atoms with Crippen LogP contribution in [-0.4, -0.2) is 26.2 Å². The quantitative estimate of drug-likeness (QED) is 0.808. The van der Waals surface area contributed by atoms with Crippen LogP contribution in [0.5, 0.6) is 0 Å². The second kappa shape index (κ2) is 16.0. The fourth-order valence-corrected chi connectivity index (χ4v) is 1.29. The predicted molar refractivity (Wildman–Crippen MR) is 77.2 cm³/mol. The number of hydrogen-bond donors (Lipinski definition) is 1. The van der Waals surface area contributed by atoms with Gasteiger partial charge in [0, 0.05) is 0 Å². The third-order valence-electron chi connectivity index (χ3n) is 2.77. The summed E-state index contributed by atoms with van der Waals surface area (Å²) in [5.74, 6) is 1.47. The Morgan fingerprint density at radius 2 is 1.88 bits per heavy atom. The number of ether oxygens (including phenoxy) is 1. The van der Waals surface area contributed by atoms with Gasteiger partial charge in [0.2, 0.25) is 0 Å². The molecule has 3 nitrogen and oxygen atoms in total. The molecule has 1 aliphatic rings. The summed E-state index contributed by atoms with van der Waals surface area (Å²) in [5.41, 5.74) is 0. The lowest BCUT2D eigenvalue weighted by Gasteiger charge is -2.17. The summed E-state index contributed by atoms with van der Waals surface area (Å²) in [6.45, 7) is 9.96. The van der Waals surface area contributed by atoms with Gasteiger partial charge in [-0.1, -0.05) is 27.2 Å². The summed E-state index contributed by atoms with van der Waals surface area (Å²) in [7, 11) is 0. The lowest BCUT2D eigenvalue weighted by Crippen LogP contribution is -2.26. The monoisotopic (exact) mass is 287 g/mol. The van der Waals surface area contributed by atoms with Crippen LogP contribution in [0.1, 0.15) is 40.0 Å². The standard InChI is InChI=1S/C6H13N.C6H12O2.2ClH/c1-6-2-4-7-5-3-6;1-3-6(2)4-8-5-7;;/h6-7H,2-5H2,1H3;5-6H,3-4H2,1-2H3;2*1H. The third kappa shape index (κ3) is 16.0. The smallest absolute Gasteiger partial charge is 0.293 e. The number of nitrogens with one attached hydrogen (secondary N) is 1. The number of hydrogen-bond acceptors (Lipinski definition) is 3. The second-order valence-electron chi connectivity index (χ2n) is 4.38. The van der Waals surface area contributed by atoms with E-state index in [2.05, 4.69) is 23.9 Å². The molecule has 1 N–H and O–H groups in total. The summed E-state index contributed by atoms with van der Waals surface area (Å²) in [6.07, 6.45) is 3.81. The zero-order valence-electron chi connectivity index (χ0n) is 11.1. The van der Waals surface area contributed by atoms with Gasteiger partial charge < -0.3 is 10.1 Å². The molecule has 1 aliphatic heterocycles. The van der Waals surface area contributed by atoms with Crippen LogP contribution in [0, 0.1) is 11.8 Å². The summed E-state index contributed by atoms with van der Waals surface area (Å²) in [5, 5.41) is 3.32. The van der Waals surface area contributed by atoms with Crippen molar-refractivity contribution in [1.82, 2.24) is 5.32 Å². The van der Waals surface area contributed by atoms with E-state index in [-0.39, 0.29) is 24.8 Å². The largest absolute Gasteiger partial charge is 0.468 e. The summed E-state index contributed by atoms with van der Waals surface area (Å²) in [6, 6.07) is 0. The molecule has 1 heterocycles. The van der Waals surface area contributed by atoms with Gasteiger partial charge in [0.15, 0.2) is 0 Å². The van der Waals surface area contributed by atoms with Gasteiger partial charge in [-0.2, -0.15) is 0 Å². The molecule has 0 spiro atoms. The number of carbonyl (C=O) groups excluding carboxylic acids is 1. The van der Waals surface area contributed by atoms with Crippen LogP contribution in [0.4, 0.5) is 0 Å². The molecule has 0 aromatic heterocycles. The van der Waals surface area contributed by atoms with E-state index in [0.29, 0.717) is 19.0 Å². The Morgan fingerprint density at radius 3 is 2.18 bits per heavy atom. The Balaban J connectivity index is -0.000000207. The van der Waals surface area contributed by atoms with Crippen LogP contribution >= 0.6 is 24.8 Å². The summed E-state index contributed by atoms with van der Waals surface area (Å²) >= 11 is 0. The molecule has 0 aromatic carbocycles. The topological polar surface area (TPSA) is 38.3 Å². The molecular weight excluding hydrogens is 261 g/mol. The first-order chi connectivity index (χ1) is 7.20. The van der Waals surface area contributed by atoms with E-state index >= 15 is 0 Å². The van der Waals surface area contributed by atoms with Crippen molar-refractivity contribution in [3.63, 3.8) is 0 Å². The van der Waals surface area contributed by atoms with Gasteiger partial charge in [0.05, 0.1) is 6.61 Å². The van der Waals surface area contributed by atoms with Crippen molar-refractivity contribution in [3.8, 4) is 0 Å². The molecule has 106 valence electrons. The lowest BCUT2D eigenvalue weighted by atomic mass is 10.0. The molecule has 5 heteroatoms. The van der Waals surface area contributed by atoms with Gasteiger partial charge in [0.1, 0.15) is 0 Å². The van der Waals surface area contributed by atoms with Crippen LogP contribution in [0.2, 0.25) is 0 Å². The van der Waals surface area contributed by atoms with Crippen molar-refractivity contribution < 1.29 is 9.53 Å². The second-order valence-corrected chi connectivity index (χ2v) is 4.38. The average Bonchev–Trinajstić information content (AvgIpc) is 2.28. The van der Waals surface area contributed by atoms with Gasteiger partial charge >= 0.3 is 0 Å². The molecule has 1 atom stereocenters. The van der Waals surface area contributed by atoms with Crippen molar-refractivity contribution in [3.05, 3.63) is 0 Å². The van der Waals surface area contributed by atoms with Crippen LogP contribution < -0.4 is 5.32 Å². The molecule has 0 amide bonds. The van der Waals surface area contributed by atoms with Gasteiger partial charge in [-0.05, 0) is 37.8 Å². The molecule has 0 saturated carbocycles. The zero-order valence-corrected chi connectivity index (χ0v) is 12.7. The van der Waals surface area contributed by atoms with E-state index in [4.69, 9.17) is 0 Å².